The van der Waals surface area contributed by atoms with Crippen LogP contribution in [0, 0.1) is 0 Å². The van der Waals surface area contributed by atoms with Gasteiger partial charge in [-0.3, -0.25) is 9.48 Å². The summed E-state index contributed by atoms with van der Waals surface area (Å²) in [5, 5.41) is 7.16. The van der Waals surface area contributed by atoms with E-state index in [1.807, 2.05) is 42.5 Å². The zero-order valence-corrected chi connectivity index (χ0v) is 22.3. The van der Waals surface area contributed by atoms with Crippen LogP contribution in [0.25, 0.3) is 0 Å². The molecule has 198 valence electrons. The first kappa shape index (κ1) is 25.9. The lowest BCUT2D eigenvalue weighted by molar-refractivity contribution is 0.0992. The van der Waals surface area contributed by atoms with Crippen molar-refractivity contribution in [2.24, 2.45) is 0 Å². The zero-order valence-electron chi connectivity index (χ0n) is 22.3. The molecule has 0 aliphatic heterocycles. The first-order valence-corrected chi connectivity index (χ1v) is 12.7. The molecule has 0 saturated carbocycles. The summed E-state index contributed by atoms with van der Waals surface area (Å²) in [6.07, 6.45) is 3.38. The number of hydrogen-bond donors (Lipinski definition) is 1. The minimum absolute atomic E-state index is 0.116. The molecule has 7 nitrogen and oxygen atoms in total. The molecule has 0 saturated heterocycles. The van der Waals surface area contributed by atoms with Crippen LogP contribution in [0.5, 0.6) is 11.5 Å². The number of aromatic nitrogens is 2. The van der Waals surface area contributed by atoms with Crippen molar-refractivity contribution in [2.75, 3.05) is 12.4 Å². The molecular weight excluding hydrogens is 490 g/mol. The van der Waals surface area contributed by atoms with E-state index in [1.165, 1.54) is 11.1 Å². The molecule has 1 amide bonds. The number of amides is 1. The van der Waals surface area contributed by atoms with Crippen molar-refractivity contribution in [3.05, 3.63) is 132 Å². The lowest BCUT2D eigenvalue weighted by atomic mass is 9.78. The predicted molar refractivity (Wildman–Crippen MR) is 150 cm³/mol. The molecule has 0 aliphatic rings. The molecule has 0 aliphatic carbocycles. The van der Waals surface area contributed by atoms with E-state index in [4.69, 9.17) is 13.9 Å². The lowest BCUT2D eigenvalue weighted by Gasteiger charge is -2.26. The molecule has 0 fully saturated rings. The van der Waals surface area contributed by atoms with Crippen molar-refractivity contribution >= 4 is 11.6 Å². The van der Waals surface area contributed by atoms with Crippen LogP contribution < -0.4 is 14.8 Å². The maximum Gasteiger partial charge on any atom is 0.291 e. The van der Waals surface area contributed by atoms with Crippen molar-refractivity contribution in [2.45, 2.75) is 32.4 Å². The van der Waals surface area contributed by atoms with Crippen LogP contribution in [0.2, 0.25) is 0 Å². The molecule has 5 aromatic rings. The molecular formula is C32H31N3O4. The summed E-state index contributed by atoms with van der Waals surface area (Å²) in [5.41, 5.74) is 3.96. The second kappa shape index (κ2) is 11.3. The van der Waals surface area contributed by atoms with Crippen molar-refractivity contribution in [1.29, 1.82) is 0 Å². The molecule has 3 aromatic carbocycles. The number of hydrogen-bond acceptors (Lipinski definition) is 5. The molecule has 2 heterocycles. The number of methoxy groups -OCH3 is 1. The zero-order chi connectivity index (χ0) is 27.2. The van der Waals surface area contributed by atoms with Gasteiger partial charge in [-0.2, -0.15) is 5.10 Å². The van der Waals surface area contributed by atoms with E-state index >= 15 is 0 Å². The Hall–Kier alpha value is -4.78. The van der Waals surface area contributed by atoms with Crippen LogP contribution in [0.4, 0.5) is 5.69 Å². The molecule has 0 radical (unpaired) electrons. The van der Waals surface area contributed by atoms with Gasteiger partial charge in [0, 0.05) is 11.6 Å². The highest BCUT2D eigenvalue weighted by molar-refractivity contribution is 6.02. The van der Waals surface area contributed by atoms with Crippen molar-refractivity contribution in [3.63, 3.8) is 0 Å². The number of ether oxygens (including phenoxy) is 2. The first-order valence-electron chi connectivity index (χ1n) is 12.7. The van der Waals surface area contributed by atoms with Crippen LogP contribution in [-0.4, -0.2) is 22.8 Å². The Kier molecular flexibility index (Phi) is 7.50. The van der Waals surface area contributed by atoms with Gasteiger partial charge in [-0.05, 0) is 53.1 Å². The number of anilines is 1. The monoisotopic (exact) mass is 521 g/mol. The lowest BCUT2D eigenvalue weighted by Crippen LogP contribution is -2.18. The predicted octanol–water partition coefficient (Wildman–Crippen LogP) is 6.69. The number of benzene rings is 3. The molecule has 0 atom stereocenters. The molecule has 0 bridgehead atoms. The average Bonchev–Trinajstić information content (AvgIpc) is 3.62. The van der Waals surface area contributed by atoms with Gasteiger partial charge in [0.2, 0.25) is 0 Å². The average molecular weight is 522 g/mol. The summed E-state index contributed by atoms with van der Waals surface area (Å²) in [5.74, 6) is 1.93. The van der Waals surface area contributed by atoms with Gasteiger partial charge in [0.25, 0.3) is 5.91 Å². The largest absolute Gasteiger partial charge is 0.497 e. The third kappa shape index (κ3) is 6.21. The minimum atomic E-state index is -0.352. The van der Waals surface area contributed by atoms with Gasteiger partial charge in [0.05, 0.1) is 25.5 Å². The van der Waals surface area contributed by atoms with Crippen molar-refractivity contribution < 1.29 is 18.7 Å². The van der Waals surface area contributed by atoms with E-state index in [0.29, 0.717) is 18.0 Å². The van der Waals surface area contributed by atoms with E-state index in [0.717, 1.165) is 17.1 Å². The number of nitrogens with zero attached hydrogens (tertiary/aromatic N) is 2. The Balaban J connectivity index is 1.15. The van der Waals surface area contributed by atoms with Crippen LogP contribution in [0.15, 0.2) is 108 Å². The van der Waals surface area contributed by atoms with Gasteiger partial charge in [0.1, 0.15) is 23.9 Å². The van der Waals surface area contributed by atoms with Crippen LogP contribution >= 0.6 is 0 Å². The van der Waals surface area contributed by atoms with Gasteiger partial charge >= 0.3 is 0 Å². The van der Waals surface area contributed by atoms with E-state index in [-0.39, 0.29) is 23.7 Å². The minimum Gasteiger partial charge on any atom is -0.497 e. The summed E-state index contributed by atoms with van der Waals surface area (Å²) in [6.45, 7) is 5.19. The summed E-state index contributed by atoms with van der Waals surface area (Å²) >= 11 is 0. The van der Waals surface area contributed by atoms with E-state index in [1.54, 1.807) is 36.3 Å². The number of carbonyl (C=O) groups is 1. The number of rotatable bonds is 10. The fraction of sp³-hybridized carbons (Fsp3) is 0.188. The maximum atomic E-state index is 12.7. The fourth-order valence-corrected chi connectivity index (χ4v) is 4.39. The first-order chi connectivity index (χ1) is 18.9. The Morgan fingerprint density at radius 3 is 2.46 bits per heavy atom. The molecule has 2 aromatic heterocycles. The maximum absolute atomic E-state index is 12.7. The summed E-state index contributed by atoms with van der Waals surface area (Å²) in [4.78, 5) is 12.7. The Morgan fingerprint density at radius 1 is 0.923 bits per heavy atom. The molecule has 5 rings (SSSR count). The molecule has 0 spiro atoms. The topological polar surface area (TPSA) is 78.5 Å². The van der Waals surface area contributed by atoms with Gasteiger partial charge in [-0.25, -0.2) is 0 Å². The number of furan rings is 1. The SMILES string of the molecule is COc1cccc(Cn2cc(NC(=O)c3ccc(COc4ccc(C(C)(C)c5ccccc5)cc4)o3)cn2)c1. The quantitative estimate of drug-likeness (QED) is 0.222. The fourth-order valence-electron chi connectivity index (χ4n) is 4.39. The smallest absolute Gasteiger partial charge is 0.291 e. The molecule has 39 heavy (non-hydrogen) atoms. The Labute approximate surface area is 228 Å². The summed E-state index contributed by atoms with van der Waals surface area (Å²) in [6, 6.07) is 29.7. The highest BCUT2D eigenvalue weighted by Crippen LogP contribution is 2.32. The summed E-state index contributed by atoms with van der Waals surface area (Å²) in [7, 11) is 1.64. The number of carbonyl (C=O) groups excluding carboxylic acids is 1. The second-order valence-corrected chi connectivity index (χ2v) is 9.80. The Morgan fingerprint density at radius 2 is 1.69 bits per heavy atom. The van der Waals surface area contributed by atoms with E-state index in [2.05, 4.69) is 60.7 Å². The standard InChI is InChI=1S/C32H31N3O4/c1-32(2,24-9-5-4-6-10-24)25-12-14-27(15-13-25)38-22-29-16-17-30(39-29)31(36)34-26-19-33-35(21-26)20-23-8-7-11-28(18-23)37-3/h4-19,21H,20,22H2,1-3H3,(H,34,36). The highest BCUT2D eigenvalue weighted by Gasteiger charge is 2.22. The molecule has 7 heteroatoms. The van der Waals surface area contributed by atoms with Gasteiger partial charge in [0.15, 0.2) is 5.76 Å². The third-order valence-electron chi connectivity index (χ3n) is 6.71. The highest BCUT2D eigenvalue weighted by atomic mass is 16.5. The number of nitrogens with one attached hydrogen (secondary N) is 1. The van der Waals surface area contributed by atoms with Crippen molar-refractivity contribution in [3.8, 4) is 11.5 Å². The third-order valence-corrected chi connectivity index (χ3v) is 6.71. The van der Waals surface area contributed by atoms with Crippen LogP contribution in [-0.2, 0) is 18.6 Å². The van der Waals surface area contributed by atoms with Gasteiger partial charge in [-0.1, -0.05) is 68.4 Å². The van der Waals surface area contributed by atoms with E-state index < -0.39 is 0 Å². The van der Waals surface area contributed by atoms with Crippen LogP contribution in [0.1, 0.15) is 46.9 Å². The molecule has 0 unspecified atom stereocenters. The second-order valence-electron chi connectivity index (χ2n) is 9.80. The van der Waals surface area contributed by atoms with Crippen LogP contribution in [0.3, 0.4) is 0 Å². The Bertz CT molecular complexity index is 1540. The van der Waals surface area contributed by atoms with E-state index in [9.17, 15) is 4.79 Å². The normalized spacial score (nSPS) is 11.3. The van der Waals surface area contributed by atoms with Gasteiger partial charge in [-0.15, -0.1) is 0 Å². The van der Waals surface area contributed by atoms with Gasteiger partial charge < -0.3 is 19.2 Å². The van der Waals surface area contributed by atoms with Crippen molar-refractivity contribution in [1.82, 2.24) is 9.78 Å². The molecule has 1 N–H and O–H groups in total. The summed E-state index contributed by atoms with van der Waals surface area (Å²) < 4.78 is 18.6.